The van der Waals surface area contributed by atoms with Gasteiger partial charge in [0, 0.05) is 42.2 Å². The van der Waals surface area contributed by atoms with Crippen molar-refractivity contribution in [2.75, 3.05) is 49.8 Å². The van der Waals surface area contributed by atoms with E-state index in [1.165, 1.54) is 0 Å². The van der Waals surface area contributed by atoms with Crippen LogP contribution in [0.15, 0.2) is 48.1 Å². The molecule has 33 heavy (non-hydrogen) atoms. The van der Waals surface area contributed by atoms with Crippen LogP contribution in [-0.2, 0) is 14.2 Å². The van der Waals surface area contributed by atoms with E-state index >= 15 is 0 Å². The molecule has 5 rings (SSSR count). The molecule has 0 radical (unpaired) electrons. The number of H-pyrrole nitrogens is 1. The first-order chi connectivity index (χ1) is 16.2. The highest BCUT2D eigenvalue weighted by molar-refractivity contribution is 5.99. The Hall–Kier alpha value is -3.86. The van der Waals surface area contributed by atoms with Gasteiger partial charge in [-0.2, -0.15) is 20.1 Å². The van der Waals surface area contributed by atoms with Gasteiger partial charge < -0.3 is 28.8 Å². The zero-order chi connectivity index (χ0) is 22.5. The number of nitrogens with one attached hydrogen (secondary N) is 2. The SMILES string of the molecule is C=C1OCC(CCOc2nc(N/N=C/c3c[nH]c4ccccc34)nc(N3CCOCC3)n2)O1. The molecule has 2 saturated heterocycles. The Kier molecular flexibility index (Phi) is 6.20. The van der Waals surface area contributed by atoms with Crippen LogP contribution in [0.5, 0.6) is 6.01 Å². The summed E-state index contributed by atoms with van der Waals surface area (Å²) in [5.41, 5.74) is 4.91. The van der Waals surface area contributed by atoms with Crippen molar-refractivity contribution in [3.05, 3.63) is 48.5 Å². The number of hydrogen-bond donors (Lipinski definition) is 2. The normalized spacial score (nSPS) is 18.5. The predicted molar refractivity (Wildman–Crippen MR) is 122 cm³/mol. The topological polar surface area (TPSA) is 119 Å². The zero-order valence-electron chi connectivity index (χ0n) is 18.1. The maximum absolute atomic E-state index is 5.80. The van der Waals surface area contributed by atoms with E-state index in [0.29, 0.717) is 63.8 Å². The van der Waals surface area contributed by atoms with Crippen LogP contribution in [0.1, 0.15) is 12.0 Å². The Morgan fingerprint density at radius 2 is 2.12 bits per heavy atom. The number of hydrogen-bond acceptors (Lipinski definition) is 10. The van der Waals surface area contributed by atoms with Crippen LogP contribution in [0, 0.1) is 0 Å². The Labute approximate surface area is 190 Å². The van der Waals surface area contributed by atoms with Crippen molar-refractivity contribution in [3.63, 3.8) is 0 Å². The lowest BCUT2D eigenvalue weighted by atomic mass is 10.2. The van der Waals surface area contributed by atoms with E-state index < -0.39 is 0 Å². The number of aromatic amines is 1. The summed E-state index contributed by atoms with van der Waals surface area (Å²) in [6, 6.07) is 8.24. The predicted octanol–water partition coefficient (Wildman–Crippen LogP) is 2.29. The number of hydrazone groups is 1. The van der Waals surface area contributed by atoms with Crippen molar-refractivity contribution >= 4 is 29.0 Å². The third-order valence-corrected chi connectivity index (χ3v) is 5.29. The van der Waals surface area contributed by atoms with E-state index in [1.807, 2.05) is 35.4 Å². The minimum Gasteiger partial charge on any atom is -0.463 e. The van der Waals surface area contributed by atoms with Gasteiger partial charge in [-0.25, -0.2) is 5.43 Å². The zero-order valence-corrected chi connectivity index (χ0v) is 18.1. The number of benzene rings is 1. The molecule has 3 aromatic rings. The highest BCUT2D eigenvalue weighted by Crippen LogP contribution is 2.19. The molecule has 1 unspecified atom stereocenters. The molecule has 2 aromatic heterocycles. The highest BCUT2D eigenvalue weighted by atomic mass is 16.7. The quantitative estimate of drug-likeness (QED) is 0.393. The molecule has 11 nitrogen and oxygen atoms in total. The van der Waals surface area contributed by atoms with Gasteiger partial charge in [-0.1, -0.05) is 18.2 Å². The summed E-state index contributed by atoms with van der Waals surface area (Å²) in [5.74, 6) is 1.16. The van der Waals surface area contributed by atoms with E-state index in [0.717, 1.165) is 16.5 Å². The molecule has 1 aromatic carbocycles. The van der Waals surface area contributed by atoms with Gasteiger partial charge in [0.05, 0.1) is 26.0 Å². The number of nitrogens with zero attached hydrogens (tertiary/aromatic N) is 5. The first kappa shape index (κ1) is 21.0. The lowest BCUT2D eigenvalue weighted by Gasteiger charge is -2.26. The van der Waals surface area contributed by atoms with Crippen molar-refractivity contribution < 1.29 is 18.9 Å². The maximum atomic E-state index is 5.80. The minimum absolute atomic E-state index is 0.0866. The van der Waals surface area contributed by atoms with Crippen LogP contribution < -0.4 is 15.1 Å². The van der Waals surface area contributed by atoms with Crippen molar-refractivity contribution in [2.45, 2.75) is 12.5 Å². The minimum atomic E-state index is -0.0866. The van der Waals surface area contributed by atoms with Gasteiger partial charge in [-0.05, 0) is 12.6 Å². The van der Waals surface area contributed by atoms with E-state index in [1.54, 1.807) is 6.21 Å². The molecule has 0 aliphatic carbocycles. The molecule has 0 amide bonds. The molecular formula is C22H25N7O4. The molecule has 0 saturated carbocycles. The lowest BCUT2D eigenvalue weighted by Crippen LogP contribution is -2.37. The number of ether oxygens (including phenoxy) is 4. The number of para-hydroxylation sites is 1. The fourth-order valence-electron chi connectivity index (χ4n) is 3.59. The van der Waals surface area contributed by atoms with Gasteiger partial charge in [0.15, 0.2) is 0 Å². The molecule has 0 bridgehead atoms. The second kappa shape index (κ2) is 9.74. The summed E-state index contributed by atoms with van der Waals surface area (Å²) in [7, 11) is 0. The monoisotopic (exact) mass is 451 g/mol. The van der Waals surface area contributed by atoms with Gasteiger partial charge in [-0.15, -0.1) is 0 Å². The average Bonchev–Trinajstić information content (AvgIpc) is 3.45. The molecule has 4 heterocycles. The summed E-state index contributed by atoms with van der Waals surface area (Å²) in [6.07, 6.45) is 4.16. The van der Waals surface area contributed by atoms with Crippen molar-refractivity contribution in [1.82, 2.24) is 19.9 Å². The Morgan fingerprint density at radius 1 is 1.24 bits per heavy atom. The molecule has 2 aliphatic heterocycles. The number of fused-ring (bicyclic) bond motifs is 1. The molecule has 2 N–H and O–H groups in total. The standard InChI is InChI=1S/C22H25N7O4/c1-15-32-14-17(33-15)6-9-31-22-26-20(25-21(27-22)29-7-10-30-11-8-29)28-24-13-16-12-23-19-5-3-2-4-18(16)19/h2-5,12-13,17,23H,1,6-11,14H2,(H,25,26,27,28)/b24-13+. The fraction of sp³-hybridized carbons (Fsp3) is 0.364. The van der Waals surface area contributed by atoms with Crippen LogP contribution in [0.2, 0.25) is 0 Å². The maximum Gasteiger partial charge on any atom is 0.323 e. The largest absolute Gasteiger partial charge is 0.463 e. The smallest absolute Gasteiger partial charge is 0.323 e. The third kappa shape index (κ3) is 5.14. The van der Waals surface area contributed by atoms with E-state index in [9.17, 15) is 0 Å². The second-order valence-electron chi connectivity index (χ2n) is 7.56. The van der Waals surface area contributed by atoms with Crippen LogP contribution in [-0.4, -0.2) is 71.8 Å². The summed E-state index contributed by atoms with van der Waals surface area (Å²) in [5, 5.41) is 5.40. The number of morpholine rings is 1. The lowest BCUT2D eigenvalue weighted by molar-refractivity contribution is 0.121. The van der Waals surface area contributed by atoms with Crippen molar-refractivity contribution in [3.8, 4) is 6.01 Å². The molecule has 11 heteroatoms. The molecule has 2 aliphatic rings. The van der Waals surface area contributed by atoms with Crippen LogP contribution in [0.25, 0.3) is 10.9 Å². The van der Waals surface area contributed by atoms with Gasteiger partial charge in [-0.3, -0.25) is 0 Å². The van der Waals surface area contributed by atoms with Gasteiger partial charge in [0.2, 0.25) is 5.95 Å². The third-order valence-electron chi connectivity index (χ3n) is 5.29. The molecule has 2 fully saturated rings. The van der Waals surface area contributed by atoms with Crippen LogP contribution in [0.3, 0.4) is 0 Å². The van der Waals surface area contributed by atoms with E-state index in [2.05, 4.69) is 37.0 Å². The summed E-state index contributed by atoms with van der Waals surface area (Å²) < 4.78 is 21.9. The molecule has 172 valence electrons. The molecule has 0 spiro atoms. The number of anilines is 2. The van der Waals surface area contributed by atoms with E-state index in [-0.39, 0.29) is 12.1 Å². The first-order valence-corrected chi connectivity index (χ1v) is 10.8. The Morgan fingerprint density at radius 3 is 2.97 bits per heavy atom. The van der Waals surface area contributed by atoms with E-state index in [4.69, 9.17) is 18.9 Å². The second-order valence-corrected chi connectivity index (χ2v) is 7.56. The van der Waals surface area contributed by atoms with Gasteiger partial charge in [0.25, 0.3) is 11.9 Å². The summed E-state index contributed by atoms with van der Waals surface area (Å²) in [6.45, 7) is 7.10. The number of rotatable bonds is 8. The molecule has 1 atom stereocenters. The highest BCUT2D eigenvalue weighted by Gasteiger charge is 2.21. The Balaban J connectivity index is 1.29. The fourth-order valence-corrected chi connectivity index (χ4v) is 3.59. The summed E-state index contributed by atoms with van der Waals surface area (Å²) >= 11 is 0. The summed E-state index contributed by atoms with van der Waals surface area (Å²) in [4.78, 5) is 18.6. The van der Waals surface area contributed by atoms with Crippen molar-refractivity contribution in [1.29, 1.82) is 0 Å². The van der Waals surface area contributed by atoms with Crippen LogP contribution in [0.4, 0.5) is 11.9 Å². The first-order valence-electron chi connectivity index (χ1n) is 10.8. The van der Waals surface area contributed by atoms with Crippen molar-refractivity contribution in [2.24, 2.45) is 5.10 Å². The van der Waals surface area contributed by atoms with Gasteiger partial charge >= 0.3 is 6.01 Å². The Bertz CT molecular complexity index is 1140. The molecular weight excluding hydrogens is 426 g/mol. The number of aromatic nitrogens is 4. The van der Waals surface area contributed by atoms with Crippen LogP contribution >= 0.6 is 0 Å². The average molecular weight is 451 g/mol. The van der Waals surface area contributed by atoms with Gasteiger partial charge in [0.1, 0.15) is 12.7 Å².